The monoisotopic (exact) mass is 318 g/mol. The summed E-state index contributed by atoms with van der Waals surface area (Å²) in [6, 6.07) is 11.7. The van der Waals surface area contributed by atoms with Crippen molar-refractivity contribution in [3.05, 3.63) is 57.4 Å². The minimum absolute atomic E-state index is 0.434. The van der Waals surface area contributed by atoms with Gasteiger partial charge in [-0.05, 0) is 30.7 Å². The van der Waals surface area contributed by atoms with Crippen LogP contribution in [0.5, 0.6) is 0 Å². The van der Waals surface area contributed by atoms with Crippen LogP contribution in [0.2, 0.25) is 4.34 Å². The Balaban J connectivity index is 1.81. The highest BCUT2D eigenvalue weighted by Gasteiger charge is 2.11. The van der Waals surface area contributed by atoms with Crippen molar-refractivity contribution in [1.29, 1.82) is 0 Å². The van der Waals surface area contributed by atoms with Crippen molar-refractivity contribution >= 4 is 39.5 Å². The summed E-state index contributed by atoms with van der Waals surface area (Å²) in [5, 5.41) is 14.6. The lowest BCUT2D eigenvalue weighted by molar-refractivity contribution is 0.195. The third-order valence-electron chi connectivity index (χ3n) is 3.38. The third-order valence-corrected chi connectivity index (χ3v) is 4.71. The van der Waals surface area contributed by atoms with Crippen molar-refractivity contribution in [2.75, 3.05) is 11.9 Å². The first-order chi connectivity index (χ1) is 10.1. The molecule has 5 heteroatoms. The van der Waals surface area contributed by atoms with Crippen LogP contribution in [0.1, 0.15) is 16.5 Å². The fraction of sp³-hybridized carbons (Fsp3) is 0.188. The zero-order valence-electron chi connectivity index (χ0n) is 11.5. The van der Waals surface area contributed by atoms with E-state index in [0.717, 1.165) is 27.0 Å². The maximum atomic E-state index is 10.2. The number of para-hydroxylation sites is 1. The summed E-state index contributed by atoms with van der Waals surface area (Å²) in [4.78, 5) is 5.28. The molecule has 0 spiro atoms. The van der Waals surface area contributed by atoms with Crippen molar-refractivity contribution in [1.82, 2.24) is 4.98 Å². The normalized spacial score (nSPS) is 12.5. The molecule has 1 aromatic carbocycles. The molecule has 0 fully saturated rings. The number of fused-ring (bicyclic) bond motifs is 1. The Morgan fingerprint density at radius 2 is 2.14 bits per heavy atom. The smallest absolute Gasteiger partial charge is 0.105 e. The summed E-state index contributed by atoms with van der Waals surface area (Å²) >= 11 is 7.30. The van der Waals surface area contributed by atoms with E-state index in [2.05, 4.69) is 10.3 Å². The van der Waals surface area contributed by atoms with Gasteiger partial charge in [0.15, 0.2) is 0 Å². The lowest BCUT2D eigenvalue weighted by atomic mass is 10.1. The van der Waals surface area contributed by atoms with Gasteiger partial charge in [-0.15, -0.1) is 11.3 Å². The van der Waals surface area contributed by atoms with E-state index < -0.39 is 6.10 Å². The van der Waals surface area contributed by atoms with Gasteiger partial charge in [0.25, 0.3) is 0 Å². The van der Waals surface area contributed by atoms with Crippen LogP contribution in [0.3, 0.4) is 0 Å². The summed E-state index contributed by atoms with van der Waals surface area (Å²) in [7, 11) is 0. The second kappa shape index (κ2) is 6.02. The molecule has 3 nitrogen and oxygen atoms in total. The van der Waals surface area contributed by atoms with Crippen LogP contribution >= 0.6 is 22.9 Å². The Hall–Kier alpha value is -1.62. The van der Waals surface area contributed by atoms with Gasteiger partial charge in [0.1, 0.15) is 6.10 Å². The van der Waals surface area contributed by atoms with Crippen LogP contribution in [0, 0.1) is 6.92 Å². The lowest BCUT2D eigenvalue weighted by Crippen LogP contribution is -2.11. The van der Waals surface area contributed by atoms with Gasteiger partial charge in [-0.2, -0.15) is 0 Å². The molecule has 0 aliphatic carbocycles. The Morgan fingerprint density at radius 3 is 2.90 bits per heavy atom. The van der Waals surface area contributed by atoms with Gasteiger partial charge in [0.2, 0.25) is 0 Å². The van der Waals surface area contributed by atoms with E-state index in [1.807, 2.05) is 37.3 Å². The molecular formula is C16H15ClN2OS. The number of aryl methyl sites for hydroxylation is 1. The highest BCUT2D eigenvalue weighted by Crippen LogP contribution is 2.28. The topological polar surface area (TPSA) is 45.1 Å². The molecule has 21 heavy (non-hydrogen) atoms. The predicted molar refractivity (Wildman–Crippen MR) is 89.3 cm³/mol. The van der Waals surface area contributed by atoms with E-state index in [0.29, 0.717) is 10.9 Å². The Bertz CT molecular complexity index is 772. The van der Waals surface area contributed by atoms with Gasteiger partial charge in [0.05, 0.1) is 9.85 Å². The number of halogens is 1. The molecule has 1 unspecified atom stereocenters. The summed E-state index contributed by atoms with van der Waals surface area (Å²) in [5.74, 6) is 0. The minimum Gasteiger partial charge on any atom is -0.386 e. The number of pyridine rings is 1. The van der Waals surface area contributed by atoms with Crippen molar-refractivity contribution in [3.63, 3.8) is 0 Å². The number of hydrogen-bond acceptors (Lipinski definition) is 4. The number of aliphatic hydroxyl groups excluding tert-OH is 1. The lowest BCUT2D eigenvalue weighted by Gasteiger charge is -2.13. The van der Waals surface area contributed by atoms with Crippen LogP contribution < -0.4 is 5.32 Å². The molecule has 0 bridgehead atoms. The van der Waals surface area contributed by atoms with Gasteiger partial charge in [-0.1, -0.05) is 29.8 Å². The first kappa shape index (κ1) is 14.3. The van der Waals surface area contributed by atoms with E-state index in [1.54, 1.807) is 12.3 Å². The molecule has 1 atom stereocenters. The number of thiophene rings is 1. The van der Waals surface area contributed by atoms with Crippen LogP contribution in [0.4, 0.5) is 5.69 Å². The van der Waals surface area contributed by atoms with Crippen molar-refractivity contribution in [2.24, 2.45) is 0 Å². The molecular weight excluding hydrogens is 304 g/mol. The van der Waals surface area contributed by atoms with Gasteiger partial charge >= 0.3 is 0 Å². The Labute approximate surface area is 132 Å². The number of hydrogen-bond donors (Lipinski definition) is 2. The van der Waals surface area contributed by atoms with Crippen molar-refractivity contribution in [3.8, 4) is 0 Å². The largest absolute Gasteiger partial charge is 0.386 e. The second-order valence-electron chi connectivity index (χ2n) is 4.87. The van der Waals surface area contributed by atoms with E-state index in [1.165, 1.54) is 11.3 Å². The number of aliphatic hydroxyl groups is 1. The first-order valence-corrected chi connectivity index (χ1v) is 7.86. The van der Waals surface area contributed by atoms with Crippen LogP contribution in [-0.2, 0) is 0 Å². The van der Waals surface area contributed by atoms with Crippen LogP contribution in [-0.4, -0.2) is 16.6 Å². The molecule has 0 saturated carbocycles. The maximum Gasteiger partial charge on any atom is 0.105 e. The van der Waals surface area contributed by atoms with Crippen LogP contribution in [0.15, 0.2) is 42.6 Å². The molecule has 2 aromatic heterocycles. The standard InChI is InChI=1S/C16H15ClN2OS/c1-10-3-2-4-11-12(7-8-18-16(10)11)19-9-13(20)14-5-6-15(17)21-14/h2-8,13,20H,9H2,1H3,(H,18,19). The van der Waals surface area contributed by atoms with Gasteiger partial charge < -0.3 is 10.4 Å². The number of rotatable bonds is 4. The average molecular weight is 319 g/mol. The quantitative estimate of drug-likeness (QED) is 0.749. The number of nitrogens with one attached hydrogen (secondary N) is 1. The molecule has 0 aliphatic heterocycles. The van der Waals surface area contributed by atoms with Gasteiger partial charge in [-0.25, -0.2) is 0 Å². The summed E-state index contributed by atoms with van der Waals surface area (Å²) < 4.78 is 0.689. The predicted octanol–water partition coefficient (Wildman–Crippen LogP) is 4.40. The second-order valence-corrected chi connectivity index (χ2v) is 6.61. The summed E-state index contributed by atoms with van der Waals surface area (Å²) in [6.07, 6.45) is 1.21. The number of benzene rings is 1. The molecule has 2 heterocycles. The van der Waals surface area contributed by atoms with Crippen molar-refractivity contribution in [2.45, 2.75) is 13.0 Å². The number of nitrogens with zero attached hydrogens (tertiary/aromatic N) is 1. The molecule has 0 radical (unpaired) electrons. The zero-order chi connectivity index (χ0) is 14.8. The number of anilines is 1. The molecule has 0 amide bonds. The molecule has 3 rings (SSSR count). The van der Waals surface area contributed by atoms with E-state index in [-0.39, 0.29) is 0 Å². The highest BCUT2D eigenvalue weighted by molar-refractivity contribution is 7.16. The molecule has 0 aliphatic rings. The van der Waals surface area contributed by atoms with E-state index in [9.17, 15) is 5.11 Å². The van der Waals surface area contributed by atoms with Gasteiger partial charge in [-0.3, -0.25) is 4.98 Å². The minimum atomic E-state index is -0.574. The SMILES string of the molecule is Cc1cccc2c(NCC(O)c3ccc(Cl)s3)ccnc12. The van der Waals surface area contributed by atoms with Gasteiger partial charge in [0, 0.05) is 28.7 Å². The Kier molecular flexibility index (Phi) is 4.10. The number of aromatic nitrogens is 1. The van der Waals surface area contributed by atoms with E-state index >= 15 is 0 Å². The first-order valence-electron chi connectivity index (χ1n) is 6.66. The molecule has 108 valence electrons. The summed E-state index contributed by atoms with van der Waals surface area (Å²) in [6.45, 7) is 2.48. The summed E-state index contributed by atoms with van der Waals surface area (Å²) in [5.41, 5.74) is 3.10. The maximum absolute atomic E-state index is 10.2. The fourth-order valence-electron chi connectivity index (χ4n) is 2.29. The molecule has 0 saturated heterocycles. The fourth-order valence-corrected chi connectivity index (χ4v) is 3.34. The molecule has 2 N–H and O–H groups in total. The Morgan fingerprint density at radius 1 is 1.29 bits per heavy atom. The van der Waals surface area contributed by atoms with Crippen molar-refractivity contribution < 1.29 is 5.11 Å². The average Bonchev–Trinajstić information content (AvgIpc) is 2.92. The highest BCUT2D eigenvalue weighted by atomic mass is 35.5. The molecule has 3 aromatic rings. The zero-order valence-corrected chi connectivity index (χ0v) is 13.1. The van der Waals surface area contributed by atoms with Crippen LogP contribution in [0.25, 0.3) is 10.9 Å². The van der Waals surface area contributed by atoms with E-state index in [4.69, 9.17) is 11.6 Å². The third kappa shape index (κ3) is 3.02.